The molecule has 0 aromatic heterocycles. The zero-order chi connectivity index (χ0) is 18.6. The highest BCUT2D eigenvalue weighted by molar-refractivity contribution is 6.14. The molecule has 0 amide bonds. The first-order valence-electron chi connectivity index (χ1n) is 8.32. The molecule has 0 aliphatic heterocycles. The number of hydrogen-bond acceptors (Lipinski definition) is 2. The number of nitrogens with zero attached hydrogens (tertiary/aromatic N) is 3. The Hall–Kier alpha value is -2.77. The van der Waals surface area contributed by atoms with Gasteiger partial charge < -0.3 is 5.41 Å². The standard InChI is InChI=1S/C22H24N3/c1-14-7-16(3)21(17(4)8-14)24-12-20(11-23)13-25-22-18(5)9-15(2)10-19(22)6/h7-10,12-13H,1-6H3/q-1. The minimum atomic E-state index is 0.429. The van der Waals surface area contributed by atoms with Crippen molar-refractivity contribution in [2.75, 3.05) is 0 Å². The summed E-state index contributed by atoms with van der Waals surface area (Å²) < 4.78 is 0. The lowest BCUT2D eigenvalue weighted by molar-refractivity contribution is 1.29. The second-order valence-electron chi connectivity index (χ2n) is 6.58. The Kier molecular flexibility index (Phi) is 5.84. The fourth-order valence-corrected chi connectivity index (χ4v) is 3.11. The van der Waals surface area contributed by atoms with Gasteiger partial charge in [-0.15, -0.1) is 0 Å². The molecule has 3 nitrogen and oxygen atoms in total. The van der Waals surface area contributed by atoms with E-state index in [9.17, 15) is 5.41 Å². The van der Waals surface area contributed by atoms with Crippen LogP contribution >= 0.6 is 0 Å². The lowest BCUT2D eigenvalue weighted by Crippen LogP contribution is -1.90. The Morgan fingerprint density at radius 3 is 1.32 bits per heavy atom. The van der Waals surface area contributed by atoms with Gasteiger partial charge in [0.2, 0.25) is 0 Å². The maximum Gasteiger partial charge on any atom is 0.0688 e. The van der Waals surface area contributed by atoms with Gasteiger partial charge in [-0.25, -0.2) is 0 Å². The molecule has 2 aromatic carbocycles. The molecule has 2 rings (SSSR count). The van der Waals surface area contributed by atoms with Crippen molar-refractivity contribution in [2.45, 2.75) is 41.5 Å². The Morgan fingerprint density at radius 2 is 1.04 bits per heavy atom. The minimum absolute atomic E-state index is 0.429. The molecule has 0 fully saturated rings. The van der Waals surface area contributed by atoms with Crippen molar-refractivity contribution in [2.24, 2.45) is 9.98 Å². The highest BCUT2D eigenvalue weighted by Gasteiger charge is 2.03. The molecule has 0 N–H and O–H groups in total. The van der Waals surface area contributed by atoms with E-state index in [1.807, 2.05) is 27.7 Å². The van der Waals surface area contributed by atoms with Gasteiger partial charge in [0.25, 0.3) is 0 Å². The van der Waals surface area contributed by atoms with Crippen molar-refractivity contribution in [1.29, 1.82) is 0 Å². The first-order valence-corrected chi connectivity index (χ1v) is 8.32. The van der Waals surface area contributed by atoms with Gasteiger partial charge in [0.1, 0.15) is 0 Å². The van der Waals surface area contributed by atoms with Crippen LogP contribution in [-0.2, 0) is 0 Å². The van der Waals surface area contributed by atoms with E-state index in [-0.39, 0.29) is 0 Å². The van der Waals surface area contributed by atoms with E-state index in [1.165, 1.54) is 11.1 Å². The summed E-state index contributed by atoms with van der Waals surface area (Å²) in [4.78, 5) is 9.03. The van der Waals surface area contributed by atoms with E-state index in [0.717, 1.165) is 33.6 Å². The molecule has 0 aliphatic carbocycles. The second kappa shape index (κ2) is 7.87. The zero-order valence-electron chi connectivity index (χ0n) is 15.8. The summed E-state index contributed by atoms with van der Waals surface area (Å²) in [5, 5.41) is 9.38. The van der Waals surface area contributed by atoms with Crippen molar-refractivity contribution in [3.63, 3.8) is 0 Å². The molecule has 0 atom stereocenters. The second-order valence-corrected chi connectivity index (χ2v) is 6.58. The minimum Gasteiger partial charge on any atom is -0.763 e. The summed E-state index contributed by atoms with van der Waals surface area (Å²) in [7, 11) is 0. The molecule has 0 unspecified atom stereocenters. The van der Waals surface area contributed by atoms with Crippen molar-refractivity contribution in [3.05, 3.63) is 68.6 Å². The molecular formula is C22H24N3-. The lowest BCUT2D eigenvalue weighted by Gasteiger charge is -2.07. The summed E-state index contributed by atoms with van der Waals surface area (Å²) in [6.45, 7) is 12.3. The van der Waals surface area contributed by atoms with Crippen LogP contribution in [0.1, 0.15) is 33.4 Å². The van der Waals surface area contributed by atoms with Crippen LogP contribution in [0.15, 0.2) is 39.8 Å². The van der Waals surface area contributed by atoms with Crippen LogP contribution in [-0.4, -0.2) is 18.3 Å². The maximum atomic E-state index is 9.38. The van der Waals surface area contributed by atoms with Crippen LogP contribution in [0, 0.1) is 41.5 Å². The zero-order valence-corrected chi connectivity index (χ0v) is 15.8. The van der Waals surface area contributed by atoms with Crippen molar-refractivity contribution >= 4 is 29.7 Å². The summed E-state index contributed by atoms with van der Waals surface area (Å²) in [5.41, 5.74) is 9.10. The van der Waals surface area contributed by atoms with E-state index in [1.54, 1.807) is 12.4 Å². The Bertz CT molecular complexity index is 795. The smallest absolute Gasteiger partial charge is 0.0688 e. The van der Waals surface area contributed by atoms with E-state index in [2.05, 4.69) is 54.0 Å². The quantitative estimate of drug-likeness (QED) is 0.635. The number of aliphatic imine (C=N–C) groups is 2. The van der Waals surface area contributed by atoms with Gasteiger partial charge >= 0.3 is 0 Å². The molecule has 2 aromatic rings. The summed E-state index contributed by atoms with van der Waals surface area (Å²) in [5.74, 6) is 2.16. The summed E-state index contributed by atoms with van der Waals surface area (Å²) >= 11 is 0. The molecule has 128 valence electrons. The SMILES string of the molecule is Cc1cc(C)c(N=CC(=C=[N-])C=Nc2c(C)cc(C)cc2C)c(C)c1. The molecule has 25 heavy (non-hydrogen) atoms. The van der Waals surface area contributed by atoms with Crippen LogP contribution in [0.5, 0.6) is 0 Å². The lowest BCUT2D eigenvalue weighted by atomic mass is 10.1. The van der Waals surface area contributed by atoms with Gasteiger partial charge in [-0.1, -0.05) is 35.4 Å². The van der Waals surface area contributed by atoms with Crippen LogP contribution in [0.3, 0.4) is 0 Å². The Morgan fingerprint density at radius 1 is 0.720 bits per heavy atom. The van der Waals surface area contributed by atoms with Crippen LogP contribution in [0.4, 0.5) is 11.4 Å². The molecule has 0 aliphatic rings. The van der Waals surface area contributed by atoms with E-state index >= 15 is 0 Å². The highest BCUT2D eigenvalue weighted by atomic mass is 14.8. The van der Waals surface area contributed by atoms with Gasteiger partial charge in [-0.05, 0) is 63.8 Å². The first kappa shape index (κ1) is 18.6. The highest BCUT2D eigenvalue weighted by Crippen LogP contribution is 2.26. The van der Waals surface area contributed by atoms with Gasteiger partial charge in [0.15, 0.2) is 0 Å². The summed E-state index contributed by atoms with van der Waals surface area (Å²) in [6, 6.07) is 8.38. The van der Waals surface area contributed by atoms with Crippen molar-refractivity contribution in [1.82, 2.24) is 0 Å². The number of benzene rings is 2. The molecule has 0 heterocycles. The predicted octanol–water partition coefficient (Wildman–Crippen LogP) is 5.81. The number of rotatable bonds is 4. The fourth-order valence-electron chi connectivity index (χ4n) is 3.11. The van der Waals surface area contributed by atoms with Crippen molar-refractivity contribution in [3.8, 4) is 0 Å². The number of aryl methyl sites for hydroxylation is 6. The van der Waals surface area contributed by atoms with E-state index in [4.69, 9.17) is 0 Å². The predicted molar refractivity (Wildman–Crippen MR) is 109 cm³/mol. The third-order valence-electron chi connectivity index (χ3n) is 4.07. The average Bonchev–Trinajstić information content (AvgIpc) is 2.50. The number of hydrogen-bond donors (Lipinski definition) is 0. The van der Waals surface area contributed by atoms with Crippen LogP contribution in [0.2, 0.25) is 0 Å². The molecule has 0 saturated heterocycles. The Balaban J connectivity index is 2.30. The third-order valence-corrected chi connectivity index (χ3v) is 4.07. The maximum absolute atomic E-state index is 9.38. The van der Waals surface area contributed by atoms with Gasteiger partial charge in [-0.3, -0.25) is 15.9 Å². The molecular weight excluding hydrogens is 306 g/mol. The topological polar surface area (TPSA) is 47.0 Å². The Labute approximate surface area is 150 Å². The molecule has 0 bridgehead atoms. The summed E-state index contributed by atoms with van der Waals surface area (Å²) in [6.07, 6.45) is 3.18. The van der Waals surface area contributed by atoms with Gasteiger partial charge in [0, 0.05) is 18.0 Å². The number of allylic oxidation sites excluding steroid dienone is 1. The molecule has 3 heteroatoms. The third kappa shape index (κ3) is 4.62. The van der Waals surface area contributed by atoms with Gasteiger partial charge in [0.05, 0.1) is 11.4 Å². The largest absolute Gasteiger partial charge is 0.763 e. The first-order chi connectivity index (χ1) is 11.8. The van der Waals surface area contributed by atoms with Crippen LogP contribution in [0.25, 0.3) is 5.41 Å². The molecule has 0 spiro atoms. The van der Waals surface area contributed by atoms with E-state index in [0.29, 0.717) is 5.57 Å². The molecule has 0 radical (unpaired) electrons. The van der Waals surface area contributed by atoms with Crippen LogP contribution < -0.4 is 0 Å². The normalized spacial score (nSPS) is 11.3. The van der Waals surface area contributed by atoms with Crippen molar-refractivity contribution < 1.29 is 0 Å². The van der Waals surface area contributed by atoms with Gasteiger partial charge in [-0.2, -0.15) is 0 Å². The molecule has 0 saturated carbocycles. The monoisotopic (exact) mass is 330 g/mol. The average molecular weight is 330 g/mol. The van der Waals surface area contributed by atoms with E-state index < -0.39 is 0 Å². The fraction of sp³-hybridized carbons (Fsp3) is 0.273.